The third-order valence-electron chi connectivity index (χ3n) is 2.24. The van der Waals surface area contributed by atoms with Crippen molar-refractivity contribution in [2.45, 2.75) is 6.43 Å². The maximum Gasteiger partial charge on any atom is 0.329 e. The zero-order valence-corrected chi connectivity index (χ0v) is 9.66. The number of pyridine rings is 1. The number of nitro groups is 1. The maximum absolute atomic E-state index is 12.4. The number of nitriles is 1. The smallest absolute Gasteiger partial charge is 0.329 e. The van der Waals surface area contributed by atoms with E-state index in [0.29, 0.717) is 0 Å². The van der Waals surface area contributed by atoms with E-state index in [0.717, 1.165) is 17.2 Å². The van der Waals surface area contributed by atoms with Crippen LogP contribution in [0.4, 0.5) is 20.3 Å². The van der Waals surface area contributed by atoms with Gasteiger partial charge in [0.1, 0.15) is 11.6 Å². The zero-order chi connectivity index (χ0) is 14.4. The molecule has 0 unspecified atom stereocenters. The first kappa shape index (κ1) is 14.7. The summed E-state index contributed by atoms with van der Waals surface area (Å²) in [6.07, 6.45) is -1.63. The predicted octanol–water partition coefficient (Wildman–Crippen LogP) is 0.925. The molecule has 0 saturated carbocycles. The van der Waals surface area contributed by atoms with Gasteiger partial charge in [0, 0.05) is 12.7 Å². The highest BCUT2D eigenvalue weighted by Gasteiger charge is 2.26. The van der Waals surface area contributed by atoms with Crippen molar-refractivity contribution in [1.29, 1.82) is 5.26 Å². The van der Waals surface area contributed by atoms with E-state index in [1.807, 2.05) is 0 Å². The van der Waals surface area contributed by atoms with E-state index in [9.17, 15) is 18.9 Å². The lowest BCUT2D eigenvalue weighted by Crippen LogP contribution is -2.33. The molecule has 1 N–H and O–H groups in total. The van der Waals surface area contributed by atoms with E-state index in [1.54, 1.807) is 6.07 Å². The normalized spacial score (nSPS) is 10.3. The van der Waals surface area contributed by atoms with Crippen molar-refractivity contribution < 1.29 is 18.8 Å². The van der Waals surface area contributed by atoms with Crippen molar-refractivity contribution in [1.82, 2.24) is 4.98 Å². The summed E-state index contributed by atoms with van der Waals surface area (Å²) in [7, 11) is 0. The van der Waals surface area contributed by atoms with Crippen molar-refractivity contribution in [2.24, 2.45) is 0 Å². The van der Waals surface area contributed by atoms with Gasteiger partial charge in [-0.2, -0.15) is 5.26 Å². The van der Waals surface area contributed by atoms with Crippen LogP contribution in [0.5, 0.6) is 0 Å². The summed E-state index contributed by atoms with van der Waals surface area (Å²) < 4.78 is 24.8. The molecule has 0 atom stereocenters. The molecular formula is C10H10F2N4O3. The average molecular weight is 272 g/mol. The molecule has 1 rings (SSSR count). The van der Waals surface area contributed by atoms with Gasteiger partial charge in [-0.15, -0.1) is 0 Å². The fraction of sp³-hybridized carbons (Fsp3) is 0.400. The van der Waals surface area contributed by atoms with E-state index in [-0.39, 0.29) is 17.9 Å². The van der Waals surface area contributed by atoms with Crippen molar-refractivity contribution in [3.05, 3.63) is 27.9 Å². The number of aliphatic hydroxyl groups is 1. The average Bonchev–Trinajstić information content (AvgIpc) is 2.36. The lowest BCUT2D eigenvalue weighted by Gasteiger charge is -2.21. The summed E-state index contributed by atoms with van der Waals surface area (Å²) in [5, 5.41) is 28.5. The Hall–Kier alpha value is -2.34. The summed E-state index contributed by atoms with van der Waals surface area (Å²) in [5.41, 5.74) is -0.911. The summed E-state index contributed by atoms with van der Waals surface area (Å²) in [6, 6.07) is 2.74. The van der Waals surface area contributed by atoms with E-state index >= 15 is 0 Å². The lowest BCUT2D eigenvalue weighted by molar-refractivity contribution is -0.384. The lowest BCUT2D eigenvalue weighted by atomic mass is 10.2. The van der Waals surface area contributed by atoms with Crippen molar-refractivity contribution in [2.75, 3.05) is 24.6 Å². The first-order valence-corrected chi connectivity index (χ1v) is 5.18. The highest BCUT2D eigenvalue weighted by Crippen LogP contribution is 2.29. The van der Waals surface area contributed by atoms with Crippen LogP contribution in [0.15, 0.2) is 12.3 Å². The van der Waals surface area contributed by atoms with Crippen LogP contribution in [0.1, 0.15) is 5.56 Å². The van der Waals surface area contributed by atoms with E-state index in [2.05, 4.69) is 4.98 Å². The SMILES string of the molecule is N#Cc1ccnc(N(CCO)CC(F)F)c1[N+](=O)[O-]. The molecule has 0 aliphatic rings. The molecule has 1 aromatic rings. The second-order valence-electron chi connectivity index (χ2n) is 3.46. The van der Waals surface area contributed by atoms with Crippen molar-refractivity contribution in [3.8, 4) is 6.07 Å². The molecule has 102 valence electrons. The van der Waals surface area contributed by atoms with Gasteiger partial charge in [-0.1, -0.05) is 0 Å². The fourth-order valence-electron chi connectivity index (χ4n) is 1.52. The minimum absolute atomic E-state index is 0.243. The number of nitrogens with zero attached hydrogens (tertiary/aromatic N) is 4. The molecule has 0 amide bonds. The Balaban J connectivity index is 3.29. The molecule has 7 nitrogen and oxygen atoms in total. The number of rotatable bonds is 6. The van der Waals surface area contributed by atoms with Gasteiger partial charge in [0.05, 0.1) is 18.1 Å². The Labute approximate surface area is 106 Å². The number of aromatic nitrogens is 1. The Morgan fingerprint density at radius 3 is 2.79 bits per heavy atom. The van der Waals surface area contributed by atoms with Gasteiger partial charge in [-0.25, -0.2) is 13.8 Å². The minimum atomic E-state index is -2.75. The van der Waals surface area contributed by atoms with Gasteiger partial charge in [0.15, 0.2) is 0 Å². The monoisotopic (exact) mass is 272 g/mol. The molecule has 0 saturated heterocycles. The van der Waals surface area contributed by atoms with Crippen LogP contribution >= 0.6 is 0 Å². The van der Waals surface area contributed by atoms with Gasteiger partial charge >= 0.3 is 5.69 Å². The Kier molecular flexibility index (Phi) is 5.08. The van der Waals surface area contributed by atoms with Crippen LogP contribution in [-0.2, 0) is 0 Å². The molecule has 9 heteroatoms. The van der Waals surface area contributed by atoms with Crippen molar-refractivity contribution >= 4 is 11.5 Å². The number of halogens is 2. The second-order valence-corrected chi connectivity index (χ2v) is 3.46. The Morgan fingerprint density at radius 2 is 2.32 bits per heavy atom. The first-order chi connectivity index (χ1) is 9.01. The standard InChI is InChI=1S/C10H10F2N4O3/c11-8(12)6-15(3-4-17)10-9(16(18)19)7(5-13)1-2-14-10/h1-2,8,17H,3-4,6H2. The van der Waals surface area contributed by atoms with Gasteiger partial charge in [-0.05, 0) is 6.07 Å². The van der Waals surface area contributed by atoms with Crippen LogP contribution in [0.2, 0.25) is 0 Å². The molecule has 0 bridgehead atoms. The highest BCUT2D eigenvalue weighted by atomic mass is 19.3. The molecule has 19 heavy (non-hydrogen) atoms. The van der Waals surface area contributed by atoms with Crippen LogP contribution in [0.3, 0.4) is 0 Å². The molecule has 0 spiro atoms. The number of anilines is 1. The molecule has 1 heterocycles. The molecule has 0 aliphatic carbocycles. The predicted molar refractivity (Wildman–Crippen MR) is 60.9 cm³/mol. The van der Waals surface area contributed by atoms with Gasteiger partial charge < -0.3 is 10.0 Å². The largest absolute Gasteiger partial charge is 0.395 e. The molecule has 0 aromatic carbocycles. The molecular weight excluding hydrogens is 262 g/mol. The number of alkyl halides is 2. The third-order valence-corrected chi connectivity index (χ3v) is 2.24. The Bertz CT molecular complexity index is 504. The van der Waals surface area contributed by atoms with Crippen molar-refractivity contribution in [3.63, 3.8) is 0 Å². The topological polar surface area (TPSA) is 103 Å². The minimum Gasteiger partial charge on any atom is -0.395 e. The maximum atomic E-state index is 12.4. The number of hydrogen-bond donors (Lipinski definition) is 1. The van der Waals surface area contributed by atoms with Crippen LogP contribution < -0.4 is 4.90 Å². The number of hydrogen-bond acceptors (Lipinski definition) is 6. The fourth-order valence-corrected chi connectivity index (χ4v) is 1.52. The first-order valence-electron chi connectivity index (χ1n) is 5.18. The summed E-state index contributed by atoms with van der Waals surface area (Å²) >= 11 is 0. The van der Waals surface area contributed by atoms with Gasteiger partial charge in [-0.3, -0.25) is 10.1 Å². The van der Waals surface area contributed by atoms with E-state index in [4.69, 9.17) is 10.4 Å². The Morgan fingerprint density at radius 1 is 1.63 bits per heavy atom. The number of aliphatic hydroxyl groups excluding tert-OH is 1. The van der Waals surface area contributed by atoms with E-state index < -0.39 is 30.2 Å². The summed E-state index contributed by atoms with van der Waals surface area (Å²) in [4.78, 5) is 14.6. The highest BCUT2D eigenvalue weighted by molar-refractivity contribution is 5.65. The summed E-state index contributed by atoms with van der Waals surface area (Å²) in [6.45, 7) is -1.53. The molecule has 0 aliphatic heterocycles. The van der Waals surface area contributed by atoms with E-state index in [1.165, 1.54) is 0 Å². The molecule has 1 aromatic heterocycles. The van der Waals surface area contributed by atoms with Gasteiger partial charge in [0.2, 0.25) is 5.82 Å². The van der Waals surface area contributed by atoms with Gasteiger partial charge in [0.25, 0.3) is 6.43 Å². The molecule has 0 fully saturated rings. The van der Waals surface area contributed by atoms with Crippen LogP contribution in [0, 0.1) is 21.4 Å². The van der Waals surface area contributed by atoms with Crippen LogP contribution in [0.25, 0.3) is 0 Å². The third kappa shape index (κ3) is 3.56. The summed E-state index contributed by atoms with van der Waals surface area (Å²) in [5.74, 6) is -0.349. The van der Waals surface area contributed by atoms with Crippen LogP contribution in [-0.4, -0.2) is 41.1 Å². The zero-order valence-electron chi connectivity index (χ0n) is 9.66. The quantitative estimate of drug-likeness (QED) is 0.610. The second kappa shape index (κ2) is 6.55. The molecule has 0 radical (unpaired) electrons.